The first-order valence-electron chi connectivity index (χ1n) is 9.04. The molecule has 1 saturated carbocycles. The summed E-state index contributed by atoms with van der Waals surface area (Å²) < 4.78 is 0. The van der Waals surface area contributed by atoms with Gasteiger partial charge in [-0.3, -0.25) is 4.79 Å². The minimum Gasteiger partial charge on any atom is -0.331 e. The van der Waals surface area contributed by atoms with Crippen LogP contribution in [0.5, 0.6) is 0 Å². The van der Waals surface area contributed by atoms with Crippen molar-refractivity contribution in [1.29, 1.82) is 0 Å². The van der Waals surface area contributed by atoms with Crippen molar-refractivity contribution in [3.05, 3.63) is 57.8 Å². The van der Waals surface area contributed by atoms with Crippen molar-refractivity contribution in [3.63, 3.8) is 0 Å². The van der Waals surface area contributed by atoms with Crippen LogP contribution in [-0.2, 0) is 13.1 Å². The molecule has 3 N–H and O–H groups in total. The molecule has 1 atom stereocenters. The van der Waals surface area contributed by atoms with Gasteiger partial charge in [-0.25, -0.2) is 0 Å². The maximum atomic E-state index is 13.3. The molecule has 1 saturated heterocycles. The number of thiophene rings is 1. The zero-order chi connectivity index (χ0) is 17.3. The van der Waals surface area contributed by atoms with Gasteiger partial charge >= 0.3 is 0 Å². The van der Waals surface area contributed by atoms with Gasteiger partial charge in [-0.1, -0.05) is 12.1 Å². The van der Waals surface area contributed by atoms with Crippen molar-refractivity contribution < 1.29 is 4.79 Å². The van der Waals surface area contributed by atoms with Gasteiger partial charge in [0.2, 0.25) is 0 Å². The second-order valence-electron chi connectivity index (χ2n) is 7.30. The van der Waals surface area contributed by atoms with E-state index in [1.807, 2.05) is 24.3 Å². The molecule has 0 radical (unpaired) electrons. The van der Waals surface area contributed by atoms with E-state index >= 15 is 0 Å². The van der Waals surface area contributed by atoms with Crippen LogP contribution in [0.1, 0.15) is 40.7 Å². The molecule has 2 aliphatic rings. The summed E-state index contributed by atoms with van der Waals surface area (Å²) in [5, 5.41) is 7.68. The van der Waals surface area contributed by atoms with E-state index in [0.29, 0.717) is 24.5 Å². The number of hydrogen-bond acceptors (Lipinski definition) is 4. The summed E-state index contributed by atoms with van der Waals surface area (Å²) in [7, 11) is 0. The monoisotopic (exact) mass is 355 g/mol. The Morgan fingerprint density at radius 3 is 2.60 bits per heavy atom. The SMILES string of the molecule is NCc1ccc(C(=O)N(Cc2ccsc2)C2CC23CCNCC3)cc1. The number of benzene rings is 1. The fourth-order valence-corrected chi connectivity index (χ4v) is 4.74. The average Bonchev–Trinajstić information content (AvgIpc) is 3.08. The first-order valence-corrected chi connectivity index (χ1v) is 9.98. The zero-order valence-corrected chi connectivity index (χ0v) is 15.2. The second-order valence-corrected chi connectivity index (χ2v) is 8.08. The third kappa shape index (κ3) is 3.36. The Kier molecular flexibility index (Phi) is 4.63. The summed E-state index contributed by atoms with van der Waals surface area (Å²) in [6, 6.07) is 10.3. The van der Waals surface area contributed by atoms with E-state index in [0.717, 1.165) is 30.6 Å². The molecule has 2 fully saturated rings. The highest BCUT2D eigenvalue weighted by Gasteiger charge is 2.57. The van der Waals surface area contributed by atoms with Crippen LogP contribution in [0.15, 0.2) is 41.1 Å². The largest absolute Gasteiger partial charge is 0.331 e. The third-order valence-electron chi connectivity index (χ3n) is 5.75. The Hall–Kier alpha value is -1.69. The van der Waals surface area contributed by atoms with Gasteiger partial charge in [0.15, 0.2) is 0 Å². The molecule has 1 unspecified atom stereocenters. The minimum absolute atomic E-state index is 0.148. The molecule has 0 bridgehead atoms. The van der Waals surface area contributed by atoms with E-state index in [-0.39, 0.29) is 5.91 Å². The van der Waals surface area contributed by atoms with Crippen LogP contribution in [0.25, 0.3) is 0 Å². The van der Waals surface area contributed by atoms with Gasteiger partial charge in [-0.05, 0) is 77.9 Å². The van der Waals surface area contributed by atoms with Gasteiger partial charge in [0.25, 0.3) is 5.91 Å². The van der Waals surface area contributed by atoms with Gasteiger partial charge in [-0.2, -0.15) is 11.3 Å². The lowest BCUT2D eigenvalue weighted by molar-refractivity contribution is 0.0692. The van der Waals surface area contributed by atoms with Crippen molar-refractivity contribution in [2.24, 2.45) is 11.1 Å². The normalized spacial score (nSPS) is 21.2. The first-order chi connectivity index (χ1) is 12.2. The molecular formula is C20H25N3OS. The maximum absolute atomic E-state index is 13.3. The van der Waals surface area contributed by atoms with Crippen molar-refractivity contribution in [1.82, 2.24) is 10.2 Å². The Morgan fingerprint density at radius 1 is 1.20 bits per heavy atom. The molecule has 4 rings (SSSR count). The maximum Gasteiger partial charge on any atom is 0.254 e. The lowest BCUT2D eigenvalue weighted by Gasteiger charge is -2.29. The molecule has 2 heterocycles. The highest BCUT2D eigenvalue weighted by atomic mass is 32.1. The highest BCUT2D eigenvalue weighted by Crippen LogP contribution is 2.56. The summed E-state index contributed by atoms with van der Waals surface area (Å²) in [5.41, 5.74) is 9.07. The molecular weight excluding hydrogens is 330 g/mol. The van der Waals surface area contributed by atoms with Crippen LogP contribution >= 0.6 is 11.3 Å². The quantitative estimate of drug-likeness (QED) is 0.867. The van der Waals surface area contributed by atoms with Gasteiger partial charge in [0, 0.05) is 24.7 Å². The molecule has 1 amide bonds. The summed E-state index contributed by atoms with van der Waals surface area (Å²) >= 11 is 1.69. The molecule has 132 valence electrons. The number of amides is 1. The number of hydrogen-bond donors (Lipinski definition) is 2. The molecule has 1 aromatic carbocycles. The van der Waals surface area contributed by atoms with Crippen LogP contribution in [-0.4, -0.2) is 29.9 Å². The van der Waals surface area contributed by atoms with Crippen molar-refractivity contribution in [2.45, 2.75) is 38.4 Å². The Balaban J connectivity index is 1.57. The van der Waals surface area contributed by atoms with Gasteiger partial charge in [-0.15, -0.1) is 0 Å². The number of carbonyl (C=O) groups is 1. The number of piperidine rings is 1. The smallest absolute Gasteiger partial charge is 0.254 e. The van der Waals surface area contributed by atoms with E-state index in [9.17, 15) is 4.79 Å². The Morgan fingerprint density at radius 2 is 1.96 bits per heavy atom. The summed E-state index contributed by atoms with van der Waals surface area (Å²) in [5.74, 6) is 0.148. The third-order valence-corrected chi connectivity index (χ3v) is 6.48. The lowest BCUT2D eigenvalue weighted by Crippen LogP contribution is -2.39. The van der Waals surface area contributed by atoms with Crippen LogP contribution in [0.4, 0.5) is 0 Å². The Labute approximate surface area is 153 Å². The fraction of sp³-hybridized carbons (Fsp3) is 0.450. The lowest BCUT2D eigenvalue weighted by atomic mass is 9.93. The summed E-state index contributed by atoms with van der Waals surface area (Å²) in [6.45, 7) is 3.36. The van der Waals surface area contributed by atoms with Crippen LogP contribution in [0.3, 0.4) is 0 Å². The Bertz CT molecular complexity index is 720. The standard InChI is InChI=1S/C20H25N3OS/c21-12-15-1-3-17(4-2-15)19(24)23(13-16-5-10-25-14-16)18-11-20(18)6-8-22-9-7-20/h1-5,10,14,18,22H,6-9,11-13,21H2. The van der Waals surface area contributed by atoms with Crippen LogP contribution in [0, 0.1) is 5.41 Å². The predicted molar refractivity (Wildman–Crippen MR) is 101 cm³/mol. The second kappa shape index (κ2) is 6.90. The predicted octanol–water partition coefficient (Wildman–Crippen LogP) is 2.99. The summed E-state index contributed by atoms with van der Waals surface area (Å²) in [6.07, 6.45) is 3.50. The molecule has 1 spiro atoms. The van der Waals surface area contributed by atoms with E-state index in [1.54, 1.807) is 11.3 Å². The number of nitrogens with zero attached hydrogens (tertiary/aromatic N) is 1. The van der Waals surface area contributed by atoms with E-state index in [1.165, 1.54) is 18.4 Å². The molecule has 5 heteroatoms. The number of nitrogens with one attached hydrogen (secondary N) is 1. The molecule has 1 aliphatic heterocycles. The zero-order valence-electron chi connectivity index (χ0n) is 14.4. The topological polar surface area (TPSA) is 58.4 Å². The number of nitrogens with two attached hydrogens (primary N) is 1. The van der Waals surface area contributed by atoms with Crippen molar-refractivity contribution >= 4 is 17.2 Å². The molecule has 1 aromatic heterocycles. The van der Waals surface area contributed by atoms with Crippen molar-refractivity contribution in [3.8, 4) is 0 Å². The van der Waals surface area contributed by atoms with Gasteiger partial charge in [0.1, 0.15) is 0 Å². The first kappa shape index (κ1) is 16.8. The number of rotatable bonds is 5. The number of carbonyl (C=O) groups excluding carboxylic acids is 1. The average molecular weight is 356 g/mol. The molecule has 4 nitrogen and oxygen atoms in total. The van der Waals surface area contributed by atoms with Gasteiger partial charge in [0.05, 0.1) is 0 Å². The fourth-order valence-electron chi connectivity index (χ4n) is 4.08. The molecule has 25 heavy (non-hydrogen) atoms. The molecule has 2 aromatic rings. The minimum atomic E-state index is 0.148. The van der Waals surface area contributed by atoms with Crippen molar-refractivity contribution in [2.75, 3.05) is 13.1 Å². The highest BCUT2D eigenvalue weighted by molar-refractivity contribution is 7.07. The molecule has 1 aliphatic carbocycles. The van der Waals surface area contributed by atoms with Gasteiger partial charge < -0.3 is 16.0 Å². The van der Waals surface area contributed by atoms with Crippen LogP contribution < -0.4 is 11.1 Å². The van der Waals surface area contributed by atoms with E-state index in [4.69, 9.17) is 5.73 Å². The van der Waals surface area contributed by atoms with E-state index < -0.39 is 0 Å². The van der Waals surface area contributed by atoms with Crippen LogP contribution in [0.2, 0.25) is 0 Å². The van der Waals surface area contributed by atoms with E-state index in [2.05, 4.69) is 27.0 Å². The summed E-state index contributed by atoms with van der Waals surface area (Å²) in [4.78, 5) is 15.4.